The number of aromatic hydroxyl groups is 1. The average molecular weight is 980 g/mol. The van der Waals surface area contributed by atoms with Gasteiger partial charge in [-0.2, -0.15) is 0 Å². The van der Waals surface area contributed by atoms with Crippen LogP contribution in [0.4, 0.5) is 0 Å². The molecule has 0 fully saturated rings. The zero-order chi connectivity index (χ0) is 52.7. The number of hydrogen-bond acceptors (Lipinski definition) is 15. The van der Waals surface area contributed by atoms with Crippen LogP contribution in [0.3, 0.4) is 0 Å². The van der Waals surface area contributed by atoms with Gasteiger partial charge >= 0.3 is 11.9 Å². The second kappa shape index (κ2) is 29.7. The molecule has 0 aromatic heterocycles. The average Bonchev–Trinajstić information content (AvgIpc) is 3.24. The summed E-state index contributed by atoms with van der Waals surface area (Å²) in [7, 11) is 0. The molecule has 0 unspecified atom stereocenters. The summed E-state index contributed by atoms with van der Waals surface area (Å²) in [6.45, 7) is 8.01. The minimum atomic E-state index is -1.89. The number of benzene rings is 1. The van der Waals surface area contributed by atoms with Crippen molar-refractivity contribution >= 4 is 65.1 Å². The fourth-order valence-corrected chi connectivity index (χ4v) is 6.58. The van der Waals surface area contributed by atoms with Crippen molar-refractivity contribution in [2.45, 2.75) is 147 Å². The number of aliphatic hydroxyl groups is 1. The molecular weight excluding hydrogens is 911 g/mol. The van der Waals surface area contributed by atoms with Crippen LogP contribution in [0.15, 0.2) is 24.3 Å². The van der Waals surface area contributed by atoms with E-state index in [9.17, 15) is 73.2 Å². The first-order valence-corrected chi connectivity index (χ1v) is 22.2. The Morgan fingerprint density at radius 2 is 1.03 bits per heavy atom. The minimum Gasteiger partial charge on any atom is -0.508 e. The number of carboxylic acids is 2. The zero-order valence-corrected chi connectivity index (χ0v) is 39.3. The molecule has 0 heterocycles. The second-order valence-corrected chi connectivity index (χ2v) is 17.3. The summed E-state index contributed by atoms with van der Waals surface area (Å²) < 4.78 is 0. The fraction of sp³-hybridized carbons (Fsp3) is 0.605. The number of nitrogens with one attached hydrogen (secondary N) is 7. The van der Waals surface area contributed by atoms with Gasteiger partial charge in [0.05, 0.1) is 25.0 Å². The third-order valence-corrected chi connectivity index (χ3v) is 10.3. The number of aliphatic hydroxyl groups excluding tert-OH is 1. The predicted octanol–water partition coefficient (Wildman–Crippen LogP) is -4.43. The van der Waals surface area contributed by atoms with Gasteiger partial charge in [-0.05, 0) is 75.1 Å². The lowest BCUT2D eigenvalue weighted by Crippen LogP contribution is -2.62. The quantitative estimate of drug-likeness (QED) is 0.0303. The Balaban J connectivity index is 3.60. The highest BCUT2D eigenvalue weighted by Crippen LogP contribution is 2.14. The number of hydrogen-bond donors (Lipinski definition) is 15. The number of phenolic OH excluding ortho intramolecular Hbond substituents is 1. The largest absolute Gasteiger partial charge is 0.508 e. The van der Waals surface area contributed by atoms with Gasteiger partial charge in [-0.25, -0.2) is 4.79 Å². The molecule has 0 aliphatic rings. The van der Waals surface area contributed by atoms with E-state index in [1.54, 1.807) is 27.7 Å². The first-order valence-electron chi connectivity index (χ1n) is 22.2. The number of carbonyl (C=O) groups excluding carboxylic acids is 9. The molecular formula is C43H69N11O15. The van der Waals surface area contributed by atoms with Gasteiger partial charge in [0.2, 0.25) is 53.2 Å². The lowest BCUT2D eigenvalue weighted by atomic mass is 9.99. The predicted molar refractivity (Wildman–Crippen MR) is 244 cm³/mol. The van der Waals surface area contributed by atoms with Crippen molar-refractivity contribution in [1.82, 2.24) is 37.2 Å². The number of rotatable bonds is 32. The van der Waals surface area contributed by atoms with E-state index < -0.39 is 158 Å². The van der Waals surface area contributed by atoms with Gasteiger partial charge in [-0.15, -0.1) is 0 Å². The van der Waals surface area contributed by atoms with Crippen molar-refractivity contribution in [2.24, 2.45) is 34.8 Å². The van der Waals surface area contributed by atoms with E-state index in [1.807, 2.05) is 0 Å². The van der Waals surface area contributed by atoms with Gasteiger partial charge in [0.25, 0.3) is 0 Å². The number of primary amides is 2. The molecule has 386 valence electrons. The Bertz CT molecular complexity index is 1970. The van der Waals surface area contributed by atoms with E-state index in [1.165, 1.54) is 24.3 Å². The Hall–Kier alpha value is -6.93. The van der Waals surface area contributed by atoms with Crippen molar-refractivity contribution in [3.8, 4) is 5.75 Å². The number of nitrogens with two attached hydrogens (primary N) is 4. The number of amides is 9. The molecule has 1 aromatic rings. The molecule has 0 radical (unpaired) electrons. The van der Waals surface area contributed by atoms with Crippen molar-refractivity contribution in [3.63, 3.8) is 0 Å². The van der Waals surface area contributed by atoms with Crippen LogP contribution in [-0.2, 0) is 59.2 Å². The molecule has 69 heavy (non-hydrogen) atoms. The van der Waals surface area contributed by atoms with Crippen LogP contribution in [0.2, 0.25) is 0 Å². The molecule has 26 nitrogen and oxygen atoms in total. The molecule has 26 heteroatoms. The summed E-state index contributed by atoms with van der Waals surface area (Å²) in [6.07, 6.45) is -4.15. The molecule has 0 saturated heterocycles. The zero-order valence-electron chi connectivity index (χ0n) is 39.3. The second-order valence-electron chi connectivity index (χ2n) is 17.3. The van der Waals surface area contributed by atoms with E-state index >= 15 is 0 Å². The molecule has 1 aromatic carbocycles. The molecule has 19 N–H and O–H groups in total. The lowest BCUT2D eigenvalue weighted by molar-refractivity contribution is -0.143. The third-order valence-electron chi connectivity index (χ3n) is 10.3. The van der Waals surface area contributed by atoms with Crippen LogP contribution in [0.25, 0.3) is 0 Å². The van der Waals surface area contributed by atoms with Crippen LogP contribution in [-0.4, -0.2) is 147 Å². The Kier molecular flexibility index (Phi) is 25.9. The van der Waals surface area contributed by atoms with Crippen molar-refractivity contribution in [1.29, 1.82) is 0 Å². The van der Waals surface area contributed by atoms with Crippen molar-refractivity contribution < 1.29 is 73.2 Å². The highest BCUT2D eigenvalue weighted by molar-refractivity contribution is 5.99. The normalized spacial score (nSPS) is 15.0. The maximum Gasteiger partial charge on any atom is 0.326 e. The summed E-state index contributed by atoms with van der Waals surface area (Å²) in [4.78, 5) is 142. The van der Waals surface area contributed by atoms with Crippen molar-refractivity contribution in [2.75, 3.05) is 6.54 Å². The summed E-state index contributed by atoms with van der Waals surface area (Å²) in [5, 5.41) is 56.0. The maximum absolute atomic E-state index is 14.2. The third kappa shape index (κ3) is 22.6. The maximum atomic E-state index is 14.2. The van der Waals surface area contributed by atoms with Crippen LogP contribution in [0.5, 0.6) is 5.75 Å². The molecule has 9 atom stereocenters. The van der Waals surface area contributed by atoms with E-state index in [4.69, 9.17) is 22.9 Å². The summed E-state index contributed by atoms with van der Waals surface area (Å²) in [6, 6.07) is -7.36. The van der Waals surface area contributed by atoms with Crippen LogP contribution in [0, 0.1) is 11.8 Å². The Morgan fingerprint density at radius 1 is 0.565 bits per heavy atom. The van der Waals surface area contributed by atoms with Crippen LogP contribution in [0.1, 0.15) is 91.5 Å². The van der Waals surface area contributed by atoms with Gasteiger partial charge in [0.1, 0.15) is 48.0 Å². The SMILES string of the molecule is CC(C)C[C@H](NC(=O)[C@@H](NC(=O)[C@H](CCCCN)NC(=O)[C@H](CCC(=O)O)NC(=O)[C@H](Cc1ccc(O)cc1)NC(=O)[C@H](CC(N)=O)NC(=O)[C@@H](NC(=O)[C@@H](N)CC(N)=O)[C@@H](C)O)C(C)C)C(=O)O. The highest BCUT2D eigenvalue weighted by atomic mass is 16.4. The molecule has 0 spiro atoms. The van der Waals surface area contributed by atoms with E-state index in [-0.39, 0.29) is 37.5 Å². The highest BCUT2D eigenvalue weighted by Gasteiger charge is 2.36. The number of carbonyl (C=O) groups is 11. The van der Waals surface area contributed by atoms with Gasteiger partial charge in [0, 0.05) is 12.8 Å². The van der Waals surface area contributed by atoms with Gasteiger partial charge in [0.15, 0.2) is 0 Å². The fourth-order valence-electron chi connectivity index (χ4n) is 6.58. The molecule has 1 rings (SSSR count). The molecule has 9 amide bonds. The standard InChI is InChI=1S/C43H69N11O15/c1-20(2)16-30(43(68)69)52-41(66)34(21(3)4)53-38(63)26(8-6-7-15-44)48-37(62)27(13-14-33(59)60)49-39(64)28(17-23-9-11-24(56)12-10-23)50-40(65)29(19-32(47)58)51-42(67)35(22(5)55)54-36(61)25(45)18-31(46)57/h9-12,20-22,25-30,34-35,55-56H,6-8,13-19,44-45H2,1-5H3,(H2,46,57)(H2,47,58)(H,48,62)(H,49,64)(H,50,65)(H,51,67)(H,52,66)(H,53,63)(H,54,61)(H,59,60)(H,68,69)/t22-,25+,26+,27+,28+,29+,30+,34+,35+/m1/s1. The topological polar surface area (TPSA) is 457 Å². The Labute approximate surface area is 398 Å². The number of phenols is 1. The first-order chi connectivity index (χ1) is 32.2. The number of carboxylic acid groups (broad SMARTS) is 2. The Morgan fingerprint density at radius 3 is 1.52 bits per heavy atom. The van der Waals surface area contributed by atoms with Crippen LogP contribution >= 0.6 is 0 Å². The summed E-state index contributed by atoms with van der Waals surface area (Å²) in [5.74, 6) is -13.1. The van der Waals surface area contributed by atoms with Gasteiger partial charge < -0.3 is 80.6 Å². The number of aliphatic carboxylic acids is 2. The molecule has 0 saturated carbocycles. The minimum absolute atomic E-state index is 0.0574. The smallest absolute Gasteiger partial charge is 0.326 e. The van der Waals surface area contributed by atoms with Gasteiger partial charge in [-0.3, -0.25) is 47.9 Å². The molecule has 0 bridgehead atoms. The van der Waals surface area contributed by atoms with Crippen molar-refractivity contribution in [3.05, 3.63) is 29.8 Å². The number of unbranched alkanes of at least 4 members (excludes halogenated alkanes) is 1. The van der Waals surface area contributed by atoms with Gasteiger partial charge in [-0.1, -0.05) is 39.8 Å². The molecule has 0 aliphatic heterocycles. The monoisotopic (exact) mass is 979 g/mol. The molecule has 0 aliphatic carbocycles. The van der Waals surface area contributed by atoms with E-state index in [2.05, 4.69) is 37.2 Å². The van der Waals surface area contributed by atoms with E-state index in [0.29, 0.717) is 12.0 Å². The summed E-state index contributed by atoms with van der Waals surface area (Å²) in [5.41, 5.74) is 22.1. The van der Waals surface area contributed by atoms with Crippen LogP contribution < -0.4 is 60.2 Å². The summed E-state index contributed by atoms with van der Waals surface area (Å²) >= 11 is 0. The van der Waals surface area contributed by atoms with E-state index in [0.717, 1.165) is 6.92 Å². The first kappa shape index (κ1) is 60.1. The lowest BCUT2D eigenvalue weighted by Gasteiger charge is -2.29.